The second-order valence-corrected chi connectivity index (χ2v) is 13.0. The van der Waals surface area contributed by atoms with Gasteiger partial charge in [0, 0.05) is 5.92 Å². The third kappa shape index (κ3) is 3.95. The first kappa shape index (κ1) is 30.0. The van der Waals surface area contributed by atoms with Crippen LogP contribution >= 0.6 is 39.1 Å². The Morgan fingerprint density at radius 2 is 1.60 bits per heavy atom. The average molecular weight is 692 g/mol. The molecule has 4 amide bonds. The van der Waals surface area contributed by atoms with E-state index in [1.165, 1.54) is 31.3 Å². The number of aromatic hydroxyl groups is 1. The summed E-state index contributed by atoms with van der Waals surface area (Å²) < 4.78 is 10.8. The molecule has 2 saturated heterocycles. The Balaban J connectivity index is 1.53. The highest BCUT2D eigenvalue weighted by Gasteiger charge is 2.76. The standard InChI is InChI=1S/C31H29BrCl2N2O7/c1-4-15-5-7-17(8-6-15)36-26(38)19-10-9-18-20(23(19)27(36)39)13-30(33)28(40)35(14-32)29(41)31(30,34)24(18)16-11-21(42-2)25(37)22(12-16)43-3/h5-9,11-12,19-20,23-24,37H,4,10,13-14H2,1-3H3/t19-,20+,23-,24-,30+,31-/m0/s1. The van der Waals surface area contributed by atoms with Crippen molar-refractivity contribution in [2.75, 3.05) is 24.6 Å². The van der Waals surface area contributed by atoms with Gasteiger partial charge in [0.15, 0.2) is 21.2 Å². The summed E-state index contributed by atoms with van der Waals surface area (Å²) in [4.78, 5) is 54.0. The predicted molar refractivity (Wildman–Crippen MR) is 163 cm³/mol. The van der Waals surface area contributed by atoms with E-state index in [1.807, 2.05) is 25.1 Å². The van der Waals surface area contributed by atoms with Crippen molar-refractivity contribution in [2.45, 2.75) is 41.9 Å². The maximum Gasteiger partial charge on any atom is 0.254 e. The molecule has 12 heteroatoms. The molecule has 226 valence electrons. The number of likely N-dealkylation sites (tertiary alicyclic amines) is 1. The number of nitrogens with zero attached hydrogens (tertiary/aromatic N) is 2. The van der Waals surface area contributed by atoms with Crippen LogP contribution < -0.4 is 14.4 Å². The van der Waals surface area contributed by atoms with E-state index in [-0.39, 0.29) is 47.4 Å². The Morgan fingerprint density at radius 1 is 0.977 bits per heavy atom. The number of phenols is 1. The molecule has 0 unspecified atom stereocenters. The van der Waals surface area contributed by atoms with E-state index in [1.54, 1.807) is 12.1 Å². The maximum atomic E-state index is 14.2. The molecule has 2 aliphatic carbocycles. The summed E-state index contributed by atoms with van der Waals surface area (Å²) in [6.45, 7) is 2.02. The van der Waals surface area contributed by atoms with Gasteiger partial charge in [-0.3, -0.25) is 29.0 Å². The highest BCUT2D eigenvalue weighted by atomic mass is 79.9. The lowest BCUT2D eigenvalue weighted by Gasteiger charge is -2.50. The van der Waals surface area contributed by atoms with E-state index < -0.39 is 45.2 Å². The Kier molecular flexibility index (Phi) is 7.34. The van der Waals surface area contributed by atoms with E-state index >= 15 is 0 Å². The molecule has 0 aromatic heterocycles. The zero-order valence-corrected chi connectivity index (χ0v) is 26.7. The molecule has 2 aliphatic heterocycles. The number of carbonyl (C=O) groups excluding carboxylic acids is 4. The van der Waals surface area contributed by atoms with Gasteiger partial charge in [-0.2, -0.15) is 0 Å². The fourth-order valence-corrected chi connectivity index (χ4v) is 8.77. The minimum absolute atomic E-state index is 0.0640. The highest BCUT2D eigenvalue weighted by molar-refractivity contribution is 9.09. The van der Waals surface area contributed by atoms with Gasteiger partial charge >= 0.3 is 0 Å². The molecule has 9 nitrogen and oxygen atoms in total. The Hall–Kier alpha value is -3.08. The summed E-state index contributed by atoms with van der Waals surface area (Å²) in [6.07, 6.45) is 2.78. The first-order valence-electron chi connectivity index (χ1n) is 13.9. The summed E-state index contributed by atoms with van der Waals surface area (Å²) in [5, 5.41) is 10.6. The van der Waals surface area contributed by atoms with Crippen LogP contribution in [-0.4, -0.2) is 63.1 Å². The lowest BCUT2D eigenvalue weighted by molar-refractivity contribution is -0.138. The second kappa shape index (κ2) is 10.5. The molecule has 6 rings (SSSR count). The molecule has 2 heterocycles. The molecule has 4 aliphatic rings. The molecule has 2 aromatic carbocycles. The number of phenolic OH excluding ortho intramolecular Hbond substituents is 1. The van der Waals surface area contributed by atoms with Crippen molar-refractivity contribution in [2.24, 2.45) is 17.8 Å². The van der Waals surface area contributed by atoms with Crippen molar-refractivity contribution >= 4 is 68.4 Å². The van der Waals surface area contributed by atoms with Crippen LogP contribution in [0.4, 0.5) is 5.69 Å². The maximum absolute atomic E-state index is 14.2. The number of hydrogen-bond donors (Lipinski definition) is 1. The number of carbonyl (C=O) groups is 4. The molecule has 0 spiro atoms. The van der Waals surface area contributed by atoms with Crippen molar-refractivity contribution in [3.63, 3.8) is 0 Å². The van der Waals surface area contributed by atoms with E-state index in [0.29, 0.717) is 16.8 Å². The van der Waals surface area contributed by atoms with Gasteiger partial charge < -0.3 is 14.6 Å². The third-order valence-corrected chi connectivity index (χ3v) is 11.4. The van der Waals surface area contributed by atoms with E-state index in [4.69, 9.17) is 32.7 Å². The summed E-state index contributed by atoms with van der Waals surface area (Å²) in [6, 6.07) is 10.3. The largest absolute Gasteiger partial charge is 0.502 e. The van der Waals surface area contributed by atoms with E-state index in [9.17, 15) is 24.3 Å². The molecular formula is C31H29BrCl2N2O7. The van der Waals surface area contributed by atoms with Gasteiger partial charge in [0.25, 0.3) is 11.8 Å². The number of alkyl halides is 3. The lowest BCUT2D eigenvalue weighted by Crippen LogP contribution is -2.60. The lowest BCUT2D eigenvalue weighted by atomic mass is 9.56. The molecule has 6 atom stereocenters. The molecule has 0 bridgehead atoms. The number of methoxy groups -OCH3 is 2. The van der Waals surface area contributed by atoms with Gasteiger partial charge in [-0.05, 0) is 60.6 Å². The van der Waals surface area contributed by atoms with E-state index in [2.05, 4.69) is 15.9 Å². The highest BCUT2D eigenvalue weighted by Crippen LogP contribution is 2.66. The van der Waals surface area contributed by atoms with Crippen molar-refractivity contribution in [3.8, 4) is 17.2 Å². The number of fused-ring (bicyclic) bond motifs is 4. The first-order chi connectivity index (χ1) is 20.5. The van der Waals surface area contributed by atoms with Crippen LogP contribution in [0.1, 0.15) is 36.8 Å². The molecule has 3 fully saturated rings. The van der Waals surface area contributed by atoms with Crippen molar-refractivity contribution in [3.05, 3.63) is 59.2 Å². The number of hydrogen-bond acceptors (Lipinski definition) is 7. The van der Waals surface area contributed by atoms with Gasteiger partial charge in [-0.15, -0.1) is 23.2 Å². The van der Waals surface area contributed by atoms with Crippen LogP contribution in [0, 0.1) is 17.8 Å². The molecule has 0 radical (unpaired) electrons. The Bertz CT molecular complexity index is 1570. The summed E-state index contributed by atoms with van der Waals surface area (Å²) in [5.41, 5.74) is 2.46. The fourth-order valence-electron chi connectivity index (χ4n) is 7.34. The molecular weight excluding hydrogens is 663 g/mol. The van der Waals surface area contributed by atoms with Crippen molar-refractivity contribution in [1.29, 1.82) is 0 Å². The van der Waals surface area contributed by atoms with Crippen LogP contribution in [0.2, 0.25) is 0 Å². The third-order valence-electron chi connectivity index (χ3n) is 9.45. The molecule has 1 N–H and O–H groups in total. The SMILES string of the molecule is CCc1ccc(N2C(=O)[C@H]3[C@H](CC=C4[C@H]3C[C@@]3(Cl)C(=O)N(CBr)C(=O)[C@@]3(Cl)[C@H]4c3cc(OC)c(O)c(OC)c3)C2=O)cc1. The number of imide groups is 2. The molecule has 1 saturated carbocycles. The Morgan fingerprint density at radius 3 is 2.16 bits per heavy atom. The quantitative estimate of drug-likeness (QED) is 0.199. The fraction of sp³-hybridized carbons (Fsp3) is 0.419. The summed E-state index contributed by atoms with van der Waals surface area (Å²) in [7, 11) is 2.74. The first-order valence-corrected chi connectivity index (χ1v) is 15.8. The van der Waals surface area contributed by atoms with Crippen LogP contribution in [0.15, 0.2) is 48.0 Å². The minimum atomic E-state index is -1.98. The minimum Gasteiger partial charge on any atom is -0.502 e. The number of amides is 4. The topological polar surface area (TPSA) is 113 Å². The Labute approximate surface area is 266 Å². The summed E-state index contributed by atoms with van der Waals surface area (Å²) >= 11 is 17.8. The summed E-state index contributed by atoms with van der Waals surface area (Å²) in [5.74, 6) is -5.38. The number of allylic oxidation sites excluding steroid dienone is 2. The monoisotopic (exact) mass is 690 g/mol. The molecule has 2 aromatic rings. The van der Waals surface area contributed by atoms with Crippen molar-refractivity contribution in [1.82, 2.24) is 4.90 Å². The second-order valence-electron chi connectivity index (χ2n) is 11.3. The van der Waals surface area contributed by atoms with Gasteiger partial charge in [-0.25, -0.2) is 0 Å². The van der Waals surface area contributed by atoms with Gasteiger partial charge in [0.2, 0.25) is 17.6 Å². The number of ether oxygens (including phenoxy) is 2. The van der Waals surface area contributed by atoms with Gasteiger partial charge in [0.1, 0.15) is 0 Å². The molecule has 43 heavy (non-hydrogen) atoms. The normalized spacial score (nSPS) is 31.5. The van der Waals surface area contributed by atoms with E-state index in [0.717, 1.165) is 16.9 Å². The van der Waals surface area contributed by atoms with Gasteiger partial charge in [0.05, 0.1) is 37.2 Å². The predicted octanol–water partition coefficient (Wildman–Crippen LogP) is 4.89. The van der Waals surface area contributed by atoms with Crippen molar-refractivity contribution < 1.29 is 33.8 Å². The number of anilines is 1. The number of aryl methyl sites for hydroxylation is 1. The van der Waals surface area contributed by atoms with Crippen LogP contribution in [0.3, 0.4) is 0 Å². The smallest absolute Gasteiger partial charge is 0.254 e. The zero-order valence-electron chi connectivity index (χ0n) is 23.6. The number of rotatable bonds is 6. The van der Waals surface area contributed by atoms with Crippen LogP contribution in [0.5, 0.6) is 17.2 Å². The van der Waals surface area contributed by atoms with Gasteiger partial charge in [-0.1, -0.05) is 46.6 Å². The van der Waals surface area contributed by atoms with Crippen LogP contribution in [0.25, 0.3) is 0 Å². The zero-order chi connectivity index (χ0) is 31.0. The number of benzene rings is 2. The average Bonchev–Trinajstić information content (AvgIpc) is 3.35. The number of halogens is 3. The van der Waals surface area contributed by atoms with Crippen LogP contribution in [-0.2, 0) is 25.6 Å².